The van der Waals surface area contributed by atoms with Crippen LogP contribution in [0.25, 0.3) is 0 Å². The van der Waals surface area contributed by atoms with Crippen molar-refractivity contribution < 1.29 is 18.3 Å². The van der Waals surface area contributed by atoms with Gasteiger partial charge in [-0.25, -0.2) is 18.2 Å². The Labute approximate surface area is 78.4 Å². The van der Waals surface area contributed by atoms with E-state index in [1.54, 1.807) is 0 Å². The zero-order chi connectivity index (χ0) is 10.1. The SMILES string of the molecule is O=C(O)c1cccnc1S(=O)(=O)Cl. The molecular weight excluding hydrogens is 218 g/mol. The van der Waals surface area contributed by atoms with Crippen molar-refractivity contribution >= 4 is 25.7 Å². The lowest BCUT2D eigenvalue weighted by Gasteiger charge is -1.98. The van der Waals surface area contributed by atoms with Gasteiger partial charge in [-0.2, -0.15) is 0 Å². The molecule has 0 amide bonds. The molecule has 0 saturated heterocycles. The van der Waals surface area contributed by atoms with Gasteiger partial charge in [0.2, 0.25) is 0 Å². The Balaban J connectivity index is 3.46. The summed E-state index contributed by atoms with van der Waals surface area (Å²) in [5, 5.41) is 7.93. The molecule has 1 rings (SSSR count). The number of carboxylic acid groups (broad SMARTS) is 1. The molecule has 0 aliphatic carbocycles. The number of hydrogen-bond donors (Lipinski definition) is 1. The highest BCUT2D eigenvalue weighted by molar-refractivity contribution is 8.13. The highest BCUT2D eigenvalue weighted by Crippen LogP contribution is 2.16. The third kappa shape index (κ3) is 2.16. The smallest absolute Gasteiger partial charge is 0.338 e. The molecule has 0 radical (unpaired) electrons. The van der Waals surface area contributed by atoms with Gasteiger partial charge < -0.3 is 5.11 Å². The normalized spacial score (nSPS) is 11.2. The van der Waals surface area contributed by atoms with Crippen molar-refractivity contribution in [1.29, 1.82) is 0 Å². The highest BCUT2D eigenvalue weighted by Gasteiger charge is 2.20. The Morgan fingerprint density at radius 1 is 1.54 bits per heavy atom. The predicted molar refractivity (Wildman–Crippen MR) is 44.2 cm³/mol. The van der Waals surface area contributed by atoms with Crippen LogP contribution in [0.1, 0.15) is 10.4 Å². The molecule has 5 nitrogen and oxygen atoms in total. The van der Waals surface area contributed by atoms with Crippen LogP contribution in [0.2, 0.25) is 0 Å². The van der Waals surface area contributed by atoms with Gasteiger partial charge >= 0.3 is 5.97 Å². The van der Waals surface area contributed by atoms with E-state index < -0.39 is 25.6 Å². The number of pyridine rings is 1. The first-order chi connectivity index (χ1) is 5.93. The van der Waals surface area contributed by atoms with Gasteiger partial charge in [0, 0.05) is 16.9 Å². The zero-order valence-corrected chi connectivity index (χ0v) is 7.71. The second-order valence-electron chi connectivity index (χ2n) is 2.10. The Morgan fingerprint density at radius 2 is 2.15 bits per heavy atom. The largest absolute Gasteiger partial charge is 0.478 e. The van der Waals surface area contributed by atoms with Crippen molar-refractivity contribution in [3.8, 4) is 0 Å². The monoisotopic (exact) mass is 221 g/mol. The van der Waals surface area contributed by atoms with Gasteiger partial charge in [-0.1, -0.05) is 0 Å². The van der Waals surface area contributed by atoms with Gasteiger partial charge in [-0.05, 0) is 12.1 Å². The van der Waals surface area contributed by atoms with E-state index in [1.807, 2.05) is 0 Å². The van der Waals surface area contributed by atoms with E-state index in [4.69, 9.17) is 15.8 Å². The molecule has 0 aliphatic rings. The van der Waals surface area contributed by atoms with Crippen LogP contribution >= 0.6 is 10.7 Å². The summed E-state index contributed by atoms with van der Waals surface area (Å²) < 4.78 is 21.6. The lowest BCUT2D eigenvalue weighted by atomic mass is 10.3. The van der Waals surface area contributed by atoms with Gasteiger partial charge in [0.05, 0.1) is 5.56 Å². The van der Waals surface area contributed by atoms with E-state index in [9.17, 15) is 13.2 Å². The van der Waals surface area contributed by atoms with Crippen molar-refractivity contribution in [3.05, 3.63) is 23.9 Å². The molecule has 0 bridgehead atoms. The molecule has 1 heterocycles. The summed E-state index contributed by atoms with van der Waals surface area (Å²) in [6, 6.07) is 2.43. The topological polar surface area (TPSA) is 84.3 Å². The van der Waals surface area contributed by atoms with Crippen molar-refractivity contribution in [2.75, 3.05) is 0 Å². The molecule has 1 aromatic rings. The van der Waals surface area contributed by atoms with Gasteiger partial charge in [0.15, 0.2) is 5.03 Å². The number of carbonyl (C=O) groups is 1. The molecule has 13 heavy (non-hydrogen) atoms. The molecule has 0 atom stereocenters. The molecule has 1 aromatic heterocycles. The predicted octanol–water partition coefficient (Wildman–Crippen LogP) is 0.707. The molecule has 0 unspecified atom stereocenters. The van der Waals surface area contributed by atoms with Gasteiger partial charge in [0.1, 0.15) is 0 Å². The molecule has 0 saturated carbocycles. The minimum absolute atomic E-state index is 0.433. The molecule has 1 N–H and O–H groups in total. The fraction of sp³-hybridized carbons (Fsp3) is 0. The molecule has 0 fully saturated rings. The van der Waals surface area contributed by atoms with Crippen LogP contribution < -0.4 is 0 Å². The summed E-state index contributed by atoms with van der Waals surface area (Å²) >= 11 is 0. The molecule has 7 heteroatoms. The number of hydrogen-bond acceptors (Lipinski definition) is 4. The lowest BCUT2D eigenvalue weighted by Crippen LogP contribution is -2.06. The maximum atomic E-state index is 10.8. The lowest BCUT2D eigenvalue weighted by molar-refractivity contribution is 0.0692. The summed E-state index contributed by atoms with van der Waals surface area (Å²) in [5.74, 6) is -1.38. The fourth-order valence-corrected chi connectivity index (χ4v) is 1.72. The van der Waals surface area contributed by atoms with E-state index in [0.29, 0.717) is 0 Å². The number of carboxylic acids is 1. The summed E-state index contributed by atoms with van der Waals surface area (Å²) in [7, 11) is 0.856. The van der Waals surface area contributed by atoms with Crippen LogP contribution in [0.4, 0.5) is 0 Å². The maximum absolute atomic E-state index is 10.8. The van der Waals surface area contributed by atoms with Crippen LogP contribution in [0.15, 0.2) is 23.4 Å². The molecular formula is C6H4ClNO4S. The Hall–Kier alpha value is -1.14. The number of rotatable bonds is 2. The van der Waals surface area contributed by atoms with Crippen molar-refractivity contribution in [2.24, 2.45) is 0 Å². The Morgan fingerprint density at radius 3 is 2.54 bits per heavy atom. The first-order valence-electron chi connectivity index (χ1n) is 3.06. The molecule has 70 valence electrons. The zero-order valence-electron chi connectivity index (χ0n) is 6.14. The average molecular weight is 222 g/mol. The number of aromatic nitrogens is 1. The third-order valence-electron chi connectivity index (χ3n) is 1.23. The molecule has 0 aromatic carbocycles. The van der Waals surface area contributed by atoms with Crippen LogP contribution in [0.3, 0.4) is 0 Å². The number of aromatic carboxylic acids is 1. The van der Waals surface area contributed by atoms with E-state index >= 15 is 0 Å². The minimum atomic E-state index is -4.10. The Bertz CT molecular complexity index is 442. The summed E-state index contributed by atoms with van der Waals surface area (Å²) in [6.45, 7) is 0. The standard InChI is InChI=1S/C6H4ClNO4S/c7-13(11,12)5-4(6(9)10)2-1-3-8-5/h1-3H,(H,9,10). The van der Waals surface area contributed by atoms with Crippen LogP contribution in [0, 0.1) is 0 Å². The van der Waals surface area contributed by atoms with Crippen LogP contribution in [-0.2, 0) is 9.05 Å². The molecule has 0 aliphatic heterocycles. The van der Waals surface area contributed by atoms with Crippen LogP contribution in [0.5, 0.6) is 0 Å². The third-order valence-corrected chi connectivity index (χ3v) is 2.46. The summed E-state index contributed by atoms with van der Waals surface area (Å²) in [5.41, 5.74) is -0.433. The van der Waals surface area contributed by atoms with E-state index in [2.05, 4.69) is 4.98 Å². The summed E-state index contributed by atoms with van der Waals surface area (Å²) in [6.07, 6.45) is 1.15. The van der Waals surface area contributed by atoms with E-state index in [1.165, 1.54) is 6.07 Å². The number of nitrogens with zero attached hydrogens (tertiary/aromatic N) is 1. The van der Waals surface area contributed by atoms with Gasteiger partial charge in [-0.15, -0.1) is 0 Å². The minimum Gasteiger partial charge on any atom is -0.478 e. The van der Waals surface area contributed by atoms with Crippen molar-refractivity contribution in [1.82, 2.24) is 4.98 Å². The van der Waals surface area contributed by atoms with Crippen molar-refractivity contribution in [2.45, 2.75) is 5.03 Å². The average Bonchev–Trinajstić information content (AvgIpc) is 2.03. The quantitative estimate of drug-likeness (QED) is 0.744. The Kier molecular flexibility index (Phi) is 2.53. The highest BCUT2D eigenvalue weighted by atomic mass is 35.7. The molecule has 0 spiro atoms. The van der Waals surface area contributed by atoms with Gasteiger partial charge in [0.25, 0.3) is 9.05 Å². The van der Waals surface area contributed by atoms with Crippen molar-refractivity contribution in [3.63, 3.8) is 0 Å². The van der Waals surface area contributed by atoms with Crippen LogP contribution in [-0.4, -0.2) is 24.5 Å². The second-order valence-corrected chi connectivity index (χ2v) is 4.58. The first-order valence-corrected chi connectivity index (χ1v) is 5.37. The van der Waals surface area contributed by atoms with E-state index in [0.717, 1.165) is 12.3 Å². The fourth-order valence-electron chi connectivity index (χ4n) is 0.748. The number of halogens is 1. The first kappa shape index (κ1) is 9.94. The summed E-state index contributed by atoms with van der Waals surface area (Å²) in [4.78, 5) is 13.9. The van der Waals surface area contributed by atoms with Gasteiger partial charge in [-0.3, -0.25) is 0 Å². The second kappa shape index (κ2) is 3.31. The maximum Gasteiger partial charge on any atom is 0.338 e. The van der Waals surface area contributed by atoms with E-state index in [-0.39, 0.29) is 0 Å².